The fourth-order valence-corrected chi connectivity index (χ4v) is 2.35. The van der Waals surface area contributed by atoms with E-state index >= 15 is 0 Å². The van der Waals surface area contributed by atoms with Gasteiger partial charge in [0.2, 0.25) is 5.91 Å². The minimum Gasteiger partial charge on any atom is -0.343 e. The van der Waals surface area contributed by atoms with Crippen LogP contribution >= 0.6 is 0 Å². The number of hydrogen-bond acceptors (Lipinski definition) is 5. The van der Waals surface area contributed by atoms with Crippen molar-refractivity contribution in [1.82, 2.24) is 4.90 Å². The molecule has 0 aromatic carbocycles. The Morgan fingerprint density at radius 3 is 2.55 bits per heavy atom. The van der Waals surface area contributed by atoms with Crippen molar-refractivity contribution in [1.29, 1.82) is 0 Å². The molecule has 0 aliphatic carbocycles. The summed E-state index contributed by atoms with van der Waals surface area (Å²) in [4.78, 5) is 28.3. The van der Waals surface area contributed by atoms with Crippen molar-refractivity contribution in [3.8, 4) is 0 Å². The molecule has 0 aromatic rings. The number of likely N-dealkylation sites (tertiary alicyclic amines) is 1. The zero-order chi connectivity index (χ0) is 15.2. The molecule has 116 valence electrons. The van der Waals surface area contributed by atoms with E-state index in [1.54, 1.807) is 0 Å². The van der Waals surface area contributed by atoms with Gasteiger partial charge in [0.15, 0.2) is 0 Å². The van der Waals surface area contributed by atoms with E-state index in [-0.39, 0.29) is 18.1 Å². The molecule has 1 aliphatic rings. The van der Waals surface area contributed by atoms with E-state index in [1.165, 1.54) is 0 Å². The second kappa shape index (κ2) is 7.42. The van der Waals surface area contributed by atoms with Gasteiger partial charge in [0.1, 0.15) is 0 Å². The molecule has 0 saturated carbocycles. The summed E-state index contributed by atoms with van der Waals surface area (Å²) in [6, 6.07) is 0. The van der Waals surface area contributed by atoms with E-state index in [0.717, 1.165) is 25.9 Å². The van der Waals surface area contributed by atoms with Gasteiger partial charge >= 0.3 is 0 Å². The number of hydrogen-bond donors (Lipinski definition) is 1. The first kappa shape index (κ1) is 16.7. The molecule has 1 heterocycles. The lowest BCUT2D eigenvalue weighted by molar-refractivity contribution is -0.758. The largest absolute Gasteiger partial charge is 0.343 e. The van der Waals surface area contributed by atoms with E-state index in [2.05, 4.69) is 4.84 Å². The number of nitrogens with zero attached hydrogens (tertiary/aromatic N) is 2. The minimum atomic E-state index is -0.757. The van der Waals surface area contributed by atoms with Crippen LogP contribution in [0.4, 0.5) is 0 Å². The molecule has 0 bridgehead atoms. The number of piperidine rings is 1. The van der Waals surface area contributed by atoms with Crippen LogP contribution in [0.1, 0.15) is 46.0 Å². The second-order valence-corrected chi connectivity index (χ2v) is 6.16. The molecule has 7 nitrogen and oxygen atoms in total. The van der Waals surface area contributed by atoms with Gasteiger partial charge in [-0.05, 0) is 45.4 Å². The number of rotatable bonds is 7. The maximum Gasteiger partial charge on any atom is 0.294 e. The molecule has 0 atom stereocenters. The SMILES string of the molecule is CC(C)(N)CCC(=O)N1CCC(CCO[N+](=O)[O-])CC1. The van der Waals surface area contributed by atoms with Crippen LogP contribution in [0.25, 0.3) is 0 Å². The monoisotopic (exact) mass is 287 g/mol. The normalized spacial score (nSPS) is 17.1. The van der Waals surface area contributed by atoms with Crippen molar-refractivity contribution in [3.63, 3.8) is 0 Å². The van der Waals surface area contributed by atoms with Gasteiger partial charge in [-0.1, -0.05) is 0 Å². The molecule has 0 spiro atoms. The first-order valence-electron chi connectivity index (χ1n) is 7.12. The van der Waals surface area contributed by atoms with Crippen molar-refractivity contribution in [2.24, 2.45) is 11.7 Å². The second-order valence-electron chi connectivity index (χ2n) is 6.16. The Morgan fingerprint density at radius 1 is 1.45 bits per heavy atom. The van der Waals surface area contributed by atoms with Crippen LogP contribution in [0.5, 0.6) is 0 Å². The van der Waals surface area contributed by atoms with Crippen LogP contribution in [0.3, 0.4) is 0 Å². The number of carbonyl (C=O) groups excluding carboxylic acids is 1. The highest BCUT2D eigenvalue weighted by atomic mass is 16.9. The fourth-order valence-electron chi connectivity index (χ4n) is 2.35. The van der Waals surface area contributed by atoms with Gasteiger partial charge in [-0.2, -0.15) is 0 Å². The maximum atomic E-state index is 12.0. The van der Waals surface area contributed by atoms with Gasteiger partial charge in [0.05, 0.1) is 6.61 Å². The molecule has 0 unspecified atom stereocenters. The van der Waals surface area contributed by atoms with E-state index < -0.39 is 5.09 Å². The molecular formula is C13H25N3O4. The molecular weight excluding hydrogens is 262 g/mol. The first-order chi connectivity index (χ1) is 9.28. The predicted molar refractivity (Wildman–Crippen MR) is 74.4 cm³/mol. The van der Waals surface area contributed by atoms with Gasteiger partial charge in [-0.3, -0.25) is 4.79 Å². The molecule has 0 aromatic heterocycles. The molecule has 1 rings (SSSR count). The third kappa shape index (κ3) is 6.70. The molecule has 1 saturated heterocycles. The Bertz CT molecular complexity index is 333. The smallest absolute Gasteiger partial charge is 0.294 e. The summed E-state index contributed by atoms with van der Waals surface area (Å²) in [5, 5.41) is 9.30. The summed E-state index contributed by atoms with van der Waals surface area (Å²) in [6.45, 7) is 5.44. The number of nitrogens with two attached hydrogens (primary N) is 1. The lowest BCUT2D eigenvalue weighted by Crippen LogP contribution is -2.40. The third-order valence-electron chi connectivity index (χ3n) is 3.67. The van der Waals surface area contributed by atoms with Crippen LogP contribution in [0, 0.1) is 16.0 Å². The molecule has 1 fully saturated rings. The average Bonchev–Trinajstić information content (AvgIpc) is 2.35. The van der Waals surface area contributed by atoms with Gasteiger partial charge < -0.3 is 15.5 Å². The number of carbonyl (C=O) groups is 1. The van der Waals surface area contributed by atoms with Crippen LogP contribution in [-0.2, 0) is 9.63 Å². The Labute approximate surface area is 119 Å². The Hall–Kier alpha value is -1.37. The average molecular weight is 287 g/mol. The predicted octanol–water partition coefficient (Wildman–Crippen LogP) is 1.34. The standard InChI is InChI=1S/C13H25N3O4/c1-13(2,14)7-3-12(17)15-8-4-11(5-9-15)6-10-20-16(18)19/h11H,3-10,14H2,1-2H3. The van der Waals surface area contributed by atoms with Gasteiger partial charge in [0, 0.05) is 25.0 Å². The first-order valence-corrected chi connectivity index (χ1v) is 7.12. The van der Waals surface area contributed by atoms with Crippen LogP contribution in [0.15, 0.2) is 0 Å². The molecule has 1 amide bonds. The van der Waals surface area contributed by atoms with E-state index in [0.29, 0.717) is 25.2 Å². The molecule has 1 aliphatic heterocycles. The summed E-state index contributed by atoms with van der Waals surface area (Å²) in [7, 11) is 0. The molecule has 0 radical (unpaired) electrons. The Morgan fingerprint density at radius 2 is 2.05 bits per heavy atom. The van der Waals surface area contributed by atoms with Crippen molar-refractivity contribution in [3.05, 3.63) is 10.1 Å². The highest BCUT2D eigenvalue weighted by Crippen LogP contribution is 2.21. The molecule has 20 heavy (non-hydrogen) atoms. The minimum absolute atomic E-state index is 0.146. The van der Waals surface area contributed by atoms with Crippen LogP contribution in [0.2, 0.25) is 0 Å². The molecule has 7 heteroatoms. The summed E-state index contributed by atoms with van der Waals surface area (Å²) in [5.74, 6) is 0.563. The fraction of sp³-hybridized carbons (Fsp3) is 0.923. The van der Waals surface area contributed by atoms with Gasteiger partial charge in [-0.25, -0.2) is 0 Å². The van der Waals surface area contributed by atoms with E-state index in [1.807, 2.05) is 18.7 Å². The van der Waals surface area contributed by atoms with E-state index in [9.17, 15) is 14.9 Å². The van der Waals surface area contributed by atoms with Crippen molar-refractivity contribution in [2.75, 3.05) is 19.7 Å². The quantitative estimate of drug-likeness (QED) is 0.562. The Balaban J connectivity index is 2.21. The molecule has 2 N–H and O–H groups in total. The summed E-state index contributed by atoms with van der Waals surface area (Å²) in [6.07, 6.45) is 3.62. The van der Waals surface area contributed by atoms with Crippen LogP contribution < -0.4 is 5.73 Å². The van der Waals surface area contributed by atoms with Gasteiger partial charge in [-0.15, -0.1) is 10.1 Å². The van der Waals surface area contributed by atoms with Crippen molar-refractivity contribution < 1.29 is 14.7 Å². The van der Waals surface area contributed by atoms with Gasteiger partial charge in [0.25, 0.3) is 5.09 Å². The Kier molecular flexibility index (Phi) is 6.19. The third-order valence-corrected chi connectivity index (χ3v) is 3.67. The zero-order valence-corrected chi connectivity index (χ0v) is 12.3. The van der Waals surface area contributed by atoms with Crippen molar-refractivity contribution >= 4 is 5.91 Å². The maximum absolute atomic E-state index is 12.0. The zero-order valence-electron chi connectivity index (χ0n) is 12.3. The topological polar surface area (TPSA) is 98.7 Å². The van der Waals surface area contributed by atoms with Crippen LogP contribution in [-0.4, -0.2) is 41.1 Å². The highest BCUT2D eigenvalue weighted by molar-refractivity contribution is 5.76. The highest BCUT2D eigenvalue weighted by Gasteiger charge is 2.23. The summed E-state index contributed by atoms with van der Waals surface area (Å²) >= 11 is 0. The number of amides is 1. The van der Waals surface area contributed by atoms with Crippen molar-refractivity contribution in [2.45, 2.75) is 51.5 Å². The lowest BCUT2D eigenvalue weighted by atomic mass is 9.93. The summed E-state index contributed by atoms with van der Waals surface area (Å²) in [5.41, 5.74) is 5.56. The van der Waals surface area contributed by atoms with E-state index in [4.69, 9.17) is 5.73 Å². The lowest BCUT2D eigenvalue weighted by Gasteiger charge is -2.32. The summed E-state index contributed by atoms with van der Waals surface area (Å²) < 4.78 is 0.